The van der Waals surface area contributed by atoms with Gasteiger partial charge in [-0.05, 0) is 30.7 Å². The van der Waals surface area contributed by atoms with Crippen molar-refractivity contribution in [3.63, 3.8) is 0 Å². The zero-order valence-corrected chi connectivity index (χ0v) is 15.8. The normalized spacial score (nSPS) is 11.3. The fourth-order valence-electron chi connectivity index (χ4n) is 2.43. The molecule has 2 N–H and O–H groups in total. The molecule has 0 atom stereocenters. The van der Waals surface area contributed by atoms with E-state index in [1.807, 2.05) is 30.5 Å². The molecule has 0 bridgehead atoms. The van der Waals surface area contributed by atoms with Gasteiger partial charge in [-0.25, -0.2) is 0 Å². The highest BCUT2D eigenvalue weighted by atomic mass is 16.5. The lowest BCUT2D eigenvalue weighted by atomic mass is 10.1. The maximum atomic E-state index is 5.83. The molecule has 0 saturated heterocycles. The summed E-state index contributed by atoms with van der Waals surface area (Å²) in [6.45, 7) is 4.55. The van der Waals surface area contributed by atoms with Gasteiger partial charge in [0.15, 0.2) is 5.96 Å². The largest absolute Gasteiger partial charge is 0.491 e. The van der Waals surface area contributed by atoms with Crippen LogP contribution in [0.15, 0.2) is 47.6 Å². The number of aliphatic imine (C=N–C) groups is 1. The molecule has 0 aliphatic heterocycles. The lowest BCUT2D eigenvalue weighted by molar-refractivity contribution is 0.145. The molecule has 0 spiro atoms. The van der Waals surface area contributed by atoms with Crippen molar-refractivity contribution in [3.05, 3.63) is 59.4 Å². The standard InChI is InChI=1S/C20H28N4O2/c1-16-7-8-17(19(14-16)26-13-12-25-3)15-24-20(21-2)23-11-9-18-6-4-5-10-22-18/h4-8,10,14H,9,11-13,15H2,1-3H3,(H2,21,23,24). The van der Waals surface area contributed by atoms with Crippen LogP contribution in [0.5, 0.6) is 5.75 Å². The number of benzene rings is 1. The van der Waals surface area contributed by atoms with Gasteiger partial charge in [0.25, 0.3) is 0 Å². The molecule has 0 fully saturated rings. The Balaban J connectivity index is 1.85. The molecule has 0 aliphatic rings. The van der Waals surface area contributed by atoms with E-state index in [1.54, 1.807) is 14.2 Å². The SMILES string of the molecule is CN=C(NCCc1ccccn1)NCc1ccc(C)cc1OCCOC. The molecule has 2 aromatic rings. The fourth-order valence-corrected chi connectivity index (χ4v) is 2.43. The van der Waals surface area contributed by atoms with Gasteiger partial charge in [-0.15, -0.1) is 0 Å². The van der Waals surface area contributed by atoms with E-state index in [0.29, 0.717) is 19.8 Å². The number of nitrogens with one attached hydrogen (secondary N) is 2. The summed E-state index contributed by atoms with van der Waals surface area (Å²) in [6, 6.07) is 12.1. The van der Waals surface area contributed by atoms with E-state index in [2.05, 4.69) is 39.7 Å². The van der Waals surface area contributed by atoms with Crippen molar-refractivity contribution in [1.29, 1.82) is 0 Å². The predicted octanol–water partition coefficient (Wildman–Crippen LogP) is 2.32. The van der Waals surface area contributed by atoms with Gasteiger partial charge in [-0.1, -0.05) is 18.2 Å². The first-order valence-corrected chi connectivity index (χ1v) is 8.78. The van der Waals surface area contributed by atoms with Crippen LogP contribution in [0.2, 0.25) is 0 Å². The van der Waals surface area contributed by atoms with Crippen molar-refractivity contribution in [1.82, 2.24) is 15.6 Å². The average Bonchev–Trinajstić information content (AvgIpc) is 2.66. The summed E-state index contributed by atoms with van der Waals surface area (Å²) in [5.74, 6) is 1.63. The van der Waals surface area contributed by atoms with Crippen molar-refractivity contribution < 1.29 is 9.47 Å². The first kappa shape index (κ1) is 19.7. The first-order valence-electron chi connectivity index (χ1n) is 8.78. The smallest absolute Gasteiger partial charge is 0.191 e. The van der Waals surface area contributed by atoms with Crippen LogP contribution in [0.3, 0.4) is 0 Å². The Morgan fingerprint density at radius 1 is 1.15 bits per heavy atom. The van der Waals surface area contributed by atoms with Crippen molar-refractivity contribution >= 4 is 5.96 Å². The molecule has 6 heteroatoms. The van der Waals surface area contributed by atoms with Gasteiger partial charge >= 0.3 is 0 Å². The number of hydrogen-bond acceptors (Lipinski definition) is 4. The van der Waals surface area contributed by atoms with Crippen molar-refractivity contribution in [2.45, 2.75) is 19.9 Å². The quantitative estimate of drug-likeness (QED) is 0.410. The average molecular weight is 356 g/mol. The Morgan fingerprint density at radius 2 is 2.04 bits per heavy atom. The molecule has 0 amide bonds. The number of aryl methyl sites for hydroxylation is 1. The van der Waals surface area contributed by atoms with Gasteiger partial charge in [0.05, 0.1) is 6.61 Å². The van der Waals surface area contributed by atoms with Gasteiger partial charge in [0.2, 0.25) is 0 Å². The second kappa shape index (κ2) is 11.1. The Hall–Kier alpha value is -2.60. The topological polar surface area (TPSA) is 67.8 Å². The Bertz CT molecular complexity index is 689. The van der Waals surface area contributed by atoms with E-state index in [4.69, 9.17) is 9.47 Å². The number of methoxy groups -OCH3 is 1. The summed E-state index contributed by atoms with van der Waals surface area (Å²) in [5, 5.41) is 6.64. The molecular formula is C20H28N4O2. The van der Waals surface area contributed by atoms with E-state index in [9.17, 15) is 0 Å². The summed E-state index contributed by atoms with van der Waals surface area (Å²) in [4.78, 5) is 8.59. The number of hydrogen-bond donors (Lipinski definition) is 2. The van der Waals surface area contributed by atoms with E-state index in [0.717, 1.165) is 35.9 Å². The van der Waals surface area contributed by atoms with Crippen molar-refractivity contribution in [2.24, 2.45) is 4.99 Å². The van der Waals surface area contributed by atoms with Crippen LogP contribution >= 0.6 is 0 Å². The molecule has 2 rings (SSSR count). The van der Waals surface area contributed by atoms with Crippen LogP contribution in [-0.2, 0) is 17.7 Å². The summed E-state index contributed by atoms with van der Waals surface area (Å²) in [5.41, 5.74) is 3.31. The minimum absolute atomic E-state index is 0.532. The van der Waals surface area contributed by atoms with E-state index in [1.165, 1.54) is 5.56 Å². The highest BCUT2D eigenvalue weighted by Crippen LogP contribution is 2.20. The first-order chi connectivity index (χ1) is 12.7. The number of pyridine rings is 1. The van der Waals surface area contributed by atoms with Gasteiger partial charge in [-0.2, -0.15) is 0 Å². The molecule has 1 aromatic heterocycles. The molecular weight excluding hydrogens is 328 g/mol. The predicted molar refractivity (Wildman–Crippen MR) is 105 cm³/mol. The van der Waals surface area contributed by atoms with Crippen LogP contribution in [0.4, 0.5) is 0 Å². The third kappa shape index (κ3) is 6.72. The third-order valence-electron chi connectivity index (χ3n) is 3.84. The Kier molecular flexibility index (Phi) is 8.42. The molecule has 0 unspecified atom stereocenters. The number of nitrogens with zero attached hydrogens (tertiary/aromatic N) is 2. The van der Waals surface area contributed by atoms with E-state index in [-0.39, 0.29) is 0 Å². The summed E-state index contributed by atoms with van der Waals surface area (Å²) < 4.78 is 10.9. The summed E-state index contributed by atoms with van der Waals surface area (Å²) >= 11 is 0. The van der Waals surface area contributed by atoms with Crippen LogP contribution in [-0.4, -0.2) is 44.9 Å². The second-order valence-electron chi connectivity index (χ2n) is 5.88. The molecule has 6 nitrogen and oxygen atoms in total. The molecule has 0 saturated carbocycles. The van der Waals surface area contributed by atoms with Crippen LogP contribution in [0.25, 0.3) is 0 Å². The summed E-state index contributed by atoms with van der Waals surface area (Å²) in [7, 11) is 3.43. The minimum Gasteiger partial charge on any atom is -0.491 e. The van der Waals surface area contributed by atoms with Gasteiger partial charge in [-0.3, -0.25) is 9.98 Å². The molecule has 0 aliphatic carbocycles. The van der Waals surface area contributed by atoms with Crippen LogP contribution in [0, 0.1) is 6.92 Å². The molecule has 1 aromatic carbocycles. The highest BCUT2D eigenvalue weighted by Gasteiger charge is 2.06. The lowest BCUT2D eigenvalue weighted by Gasteiger charge is -2.15. The zero-order valence-electron chi connectivity index (χ0n) is 15.8. The molecule has 1 heterocycles. The maximum Gasteiger partial charge on any atom is 0.191 e. The van der Waals surface area contributed by atoms with E-state index >= 15 is 0 Å². The maximum absolute atomic E-state index is 5.83. The number of aromatic nitrogens is 1. The van der Waals surface area contributed by atoms with Gasteiger partial charge in [0.1, 0.15) is 12.4 Å². The Morgan fingerprint density at radius 3 is 2.77 bits per heavy atom. The van der Waals surface area contributed by atoms with Crippen molar-refractivity contribution in [2.75, 3.05) is 33.9 Å². The summed E-state index contributed by atoms with van der Waals surface area (Å²) in [6.07, 6.45) is 2.66. The lowest BCUT2D eigenvalue weighted by Crippen LogP contribution is -2.38. The number of guanidine groups is 1. The Labute approximate surface area is 155 Å². The minimum atomic E-state index is 0.532. The number of rotatable bonds is 9. The second-order valence-corrected chi connectivity index (χ2v) is 5.88. The zero-order chi connectivity index (χ0) is 18.6. The van der Waals surface area contributed by atoms with Gasteiger partial charge in [0, 0.05) is 51.1 Å². The van der Waals surface area contributed by atoms with Crippen LogP contribution < -0.4 is 15.4 Å². The van der Waals surface area contributed by atoms with Crippen molar-refractivity contribution in [3.8, 4) is 5.75 Å². The van der Waals surface area contributed by atoms with Gasteiger partial charge < -0.3 is 20.1 Å². The number of ether oxygens (including phenoxy) is 2. The monoisotopic (exact) mass is 356 g/mol. The molecule has 26 heavy (non-hydrogen) atoms. The molecule has 0 radical (unpaired) electrons. The van der Waals surface area contributed by atoms with Crippen LogP contribution in [0.1, 0.15) is 16.8 Å². The third-order valence-corrected chi connectivity index (χ3v) is 3.84. The fraction of sp³-hybridized carbons (Fsp3) is 0.400. The highest BCUT2D eigenvalue weighted by molar-refractivity contribution is 5.79. The van der Waals surface area contributed by atoms with E-state index < -0.39 is 0 Å². The molecule has 140 valence electrons.